The van der Waals surface area contributed by atoms with Crippen molar-refractivity contribution in [2.75, 3.05) is 37.6 Å². The number of methoxy groups -OCH3 is 1. The maximum Gasteiger partial charge on any atom is 0.300 e. The first-order chi connectivity index (χ1) is 17.7. The Morgan fingerprint density at radius 2 is 1.65 bits per heavy atom. The van der Waals surface area contributed by atoms with Crippen LogP contribution in [0.2, 0.25) is 0 Å². The second kappa shape index (κ2) is 10.4. The molecule has 0 spiro atoms. The molecule has 1 N–H and O–H groups in total. The second-order valence-electron chi connectivity index (χ2n) is 9.24. The zero-order valence-corrected chi connectivity index (χ0v) is 22.0. The maximum atomic E-state index is 13.5. The smallest absolute Gasteiger partial charge is 0.300 e. The van der Waals surface area contributed by atoms with Crippen LogP contribution in [0.4, 0.5) is 11.4 Å². The van der Waals surface area contributed by atoms with Gasteiger partial charge in [0.15, 0.2) is 0 Å². The summed E-state index contributed by atoms with van der Waals surface area (Å²) in [5, 5.41) is 11.6. The summed E-state index contributed by atoms with van der Waals surface area (Å²) in [6, 6.07) is 17.5. The van der Waals surface area contributed by atoms with Crippen LogP contribution in [0.5, 0.6) is 11.5 Å². The number of aryl methyl sites for hydroxylation is 2. The van der Waals surface area contributed by atoms with Crippen LogP contribution in [0.3, 0.4) is 0 Å². The van der Waals surface area contributed by atoms with E-state index in [9.17, 15) is 14.7 Å². The highest BCUT2D eigenvalue weighted by Crippen LogP contribution is 2.44. The van der Waals surface area contributed by atoms with E-state index in [1.165, 1.54) is 12.0 Å². The number of carbonyl (C=O) groups excluding carboxylic acids is 2. The Morgan fingerprint density at radius 1 is 1.00 bits per heavy atom. The summed E-state index contributed by atoms with van der Waals surface area (Å²) in [6.45, 7) is 6.19. The molecule has 0 radical (unpaired) electrons. The molecule has 3 aromatic rings. The molecule has 3 aromatic carbocycles. The van der Waals surface area contributed by atoms with Gasteiger partial charge in [0, 0.05) is 25.5 Å². The number of hydrogen-bond donors (Lipinski definition) is 1. The van der Waals surface area contributed by atoms with E-state index in [1.54, 1.807) is 30.3 Å². The van der Waals surface area contributed by atoms with Crippen LogP contribution in [-0.4, -0.2) is 44.6 Å². The minimum Gasteiger partial charge on any atom is -0.507 e. The van der Waals surface area contributed by atoms with Gasteiger partial charge >= 0.3 is 0 Å². The van der Waals surface area contributed by atoms with Crippen molar-refractivity contribution < 1.29 is 24.2 Å². The van der Waals surface area contributed by atoms with E-state index >= 15 is 0 Å². The highest BCUT2D eigenvalue weighted by Gasteiger charge is 2.47. The Kier molecular flexibility index (Phi) is 7.25. The molecule has 1 amide bonds. The Hall–Kier alpha value is -4.26. The van der Waals surface area contributed by atoms with Gasteiger partial charge in [-0.1, -0.05) is 18.2 Å². The Balaban J connectivity index is 1.95. The van der Waals surface area contributed by atoms with Gasteiger partial charge in [-0.05, 0) is 79.9 Å². The van der Waals surface area contributed by atoms with Gasteiger partial charge in [0.25, 0.3) is 11.7 Å². The van der Waals surface area contributed by atoms with E-state index in [0.29, 0.717) is 34.9 Å². The molecule has 1 aliphatic rings. The molecule has 1 unspecified atom stereocenters. The predicted octanol–water partition coefficient (Wildman–Crippen LogP) is 5.40. The molecule has 0 aliphatic carbocycles. The fourth-order valence-electron chi connectivity index (χ4n) is 4.78. The first kappa shape index (κ1) is 25.8. The maximum absolute atomic E-state index is 13.5. The molecular weight excluding hydrogens is 468 g/mol. The molecule has 0 saturated carbocycles. The molecule has 0 bridgehead atoms. The van der Waals surface area contributed by atoms with Crippen molar-refractivity contribution >= 4 is 28.8 Å². The SMILES string of the molecule is CCOc1ccc(C2/C(=C(\O)c3cc(C)cc(C)c3OC)C(=O)C(=O)N2c2ccc(N(C)C)cc2)cc1. The highest BCUT2D eigenvalue weighted by atomic mass is 16.5. The number of Topliss-reactive ketones (excluding diaryl/α,β-unsaturated/α-hetero) is 1. The van der Waals surface area contributed by atoms with Gasteiger partial charge in [0.1, 0.15) is 17.3 Å². The van der Waals surface area contributed by atoms with E-state index in [0.717, 1.165) is 16.8 Å². The minimum absolute atomic E-state index is 0.00847. The standard InChI is InChI=1S/C30H32N2O5/c1-7-37-23-14-8-20(9-15-23)26-25(27(33)24-17-18(2)16-19(3)29(24)36-6)28(34)30(35)32(26)22-12-10-21(11-13-22)31(4)5/h8-17,26,33H,7H2,1-6H3/b27-25+. The largest absolute Gasteiger partial charge is 0.507 e. The quantitative estimate of drug-likeness (QED) is 0.266. The lowest BCUT2D eigenvalue weighted by Gasteiger charge is -2.26. The lowest BCUT2D eigenvalue weighted by atomic mass is 9.93. The topological polar surface area (TPSA) is 79.3 Å². The summed E-state index contributed by atoms with van der Waals surface area (Å²) in [5.41, 5.74) is 4.27. The van der Waals surface area contributed by atoms with Crippen LogP contribution in [0, 0.1) is 13.8 Å². The summed E-state index contributed by atoms with van der Waals surface area (Å²) in [5.74, 6) is -0.603. The molecule has 1 atom stereocenters. The van der Waals surface area contributed by atoms with E-state index in [4.69, 9.17) is 9.47 Å². The number of hydrogen-bond acceptors (Lipinski definition) is 6. The molecule has 0 aromatic heterocycles. The number of benzene rings is 3. The van der Waals surface area contributed by atoms with Gasteiger partial charge < -0.3 is 19.5 Å². The number of amides is 1. The molecule has 1 saturated heterocycles. The number of anilines is 2. The number of aliphatic hydroxyl groups excluding tert-OH is 1. The third kappa shape index (κ3) is 4.77. The molecule has 1 heterocycles. The van der Waals surface area contributed by atoms with E-state index in [-0.39, 0.29) is 11.3 Å². The highest BCUT2D eigenvalue weighted by molar-refractivity contribution is 6.51. The van der Waals surface area contributed by atoms with Gasteiger partial charge in [-0.25, -0.2) is 0 Å². The normalized spacial score (nSPS) is 16.7. The number of ether oxygens (including phenoxy) is 2. The number of ketones is 1. The third-order valence-electron chi connectivity index (χ3n) is 6.47. The predicted molar refractivity (Wildman–Crippen MR) is 146 cm³/mol. The van der Waals surface area contributed by atoms with Crippen LogP contribution in [0.15, 0.2) is 66.2 Å². The first-order valence-electron chi connectivity index (χ1n) is 12.1. The van der Waals surface area contributed by atoms with Crippen molar-refractivity contribution in [3.8, 4) is 11.5 Å². The molecule has 37 heavy (non-hydrogen) atoms. The monoisotopic (exact) mass is 500 g/mol. The molecule has 7 heteroatoms. The Labute approximate surface area is 217 Å². The Bertz CT molecular complexity index is 1360. The minimum atomic E-state index is -0.841. The molecule has 1 aliphatic heterocycles. The average molecular weight is 501 g/mol. The average Bonchev–Trinajstić information content (AvgIpc) is 3.14. The molecule has 7 nitrogen and oxygen atoms in total. The molecule has 1 fully saturated rings. The van der Waals surface area contributed by atoms with Crippen LogP contribution in [0.25, 0.3) is 5.76 Å². The second-order valence-corrected chi connectivity index (χ2v) is 9.24. The van der Waals surface area contributed by atoms with E-state index < -0.39 is 17.7 Å². The Morgan fingerprint density at radius 3 is 2.22 bits per heavy atom. The summed E-state index contributed by atoms with van der Waals surface area (Å²) in [6.07, 6.45) is 0. The van der Waals surface area contributed by atoms with Gasteiger partial charge in [0.05, 0.1) is 30.9 Å². The zero-order chi connectivity index (χ0) is 26.9. The van der Waals surface area contributed by atoms with Gasteiger partial charge in [0.2, 0.25) is 0 Å². The summed E-state index contributed by atoms with van der Waals surface area (Å²) in [7, 11) is 5.38. The van der Waals surface area contributed by atoms with Gasteiger partial charge in [-0.3, -0.25) is 14.5 Å². The fourth-order valence-corrected chi connectivity index (χ4v) is 4.78. The van der Waals surface area contributed by atoms with Crippen molar-refractivity contribution in [1.82, 2.24) is 0 Å². The van der Waals surface area contributed by atoms with Crippen molar-refractivity contribution in [3.05, 3.63) is 88.5 Å². The van der Waals surface area contributed by atoms with Crippen molar-refractivity contribution in [3.63, 3.8) is 0 Å². The van der Waals surface area contributed by atoms with E-state index in [2.05, 4.69) is 0 Å². The summed E-state index contributed by atoms with van der Waals surface area (Å²) in [4.78, 5) is 30.4. The van der Waals surface area contributed by atoms with Gasteiger partial charge in [-0.2, -0.15) is 0 Å². The number of nitrogens with zero attached hydrogens (tertiary/aromatic N) is 2. The van der Waals surface area contributed by atoms with Gasteiger partial charge in [-0.15, -0.1) is 0 Å². The number of carbonyl (C=O) groups is 2. The van der Waals surface area contributed by atoms with Crippen molar-refractivity contribution in [1.29, 1.82) is 0 Å². The molecule has 192 valence electrons. The summed E-state index contributed by atoms with van der Waals surface area (Å²) < 4.78 is 11.2. The van der Waals surface area contributed by atoms with Crippen molar-refractivity contribution in [2.45, 2.75) is 26.8 Å². The van der Waals surface area contributed by atoms with Crippen LogP contribution >= 0.6 is 0 Å². The van der Waals surface area contributed by atoms with Crippen LogP contribution in [-0.2, 0) is 9.59 Å². The van der Waals surface area contributed by atoms with Crippen LogP contribution < -0.4 is 19.3 Å². The molecular formula is C30H32N2O5. The number of aliphatic hydroxyl groups is 1. The van der Waals surface area contributed by atoms with Crippen LogP contribution in [0.1, 0.15) is 35.2 Å². The first-order valence-corrected chi connectivity index (χ1v) is 12.1. The molecule has 4 rings (SSSR count). The number of rotatable bonds is 7. The zero-order valence-electron chi connectivity index (χ0n) is 22.0. The fraction of sp³-hybridized carbons (Fsp3) is 0.267. The van der Waals surface area contributed by atoms with E-state index in [1.807, 2.05) is 70.1 Å². The summed E-state index contributed by atoms with van der Waals surface area (Å²) >= 11 is 0. The third-order valence-corrected chi connectivity index (χ3v) is 6.47. The van der Waals surface area contributed by atoms with Crippen molar-refractivity contribution in [2.24, 2.45) is 0 Å². The lowest BCUT2D eigenvalue weighted by Crippen LogP contribution is -2.29. The lowest BCUT2D eigenvalue weighted by molar-refractivity contribution is -0.132.